The molecule has 31 heavy (non-hydrogen) atoms. The lowest BCUT2D eigenvalue weighted by molar-refractivity contribution is 0.0510. The molecule has 0 atom stereocenters. The molecule has 6 nitrogen and oxygen atoms in total. The van der Waals surface area contributed by atoms with Crippen LogP contribution in [0.2, 0.25) is 0 Å². The predicted octanol–water partition coefficient (Wildman–Crippen LogP) is 4.08. The van der Waals surface area contributed by atoms with Crippen molar-refractivity contribution in [3.8, 4) is 5.75 Å². The van der Waals surface area contributed by atoms with Crippen molar-refractivity contribution in [2.75, 3.05) is 60.2 Å². The summed E-state index contributed by atoms with van der Waals surface area (Å²) in [5.41, 5.74) is 1.41. The zero-order chi connectivity index (χ0) is 21.2. The fraction of sp³-hybridized carbons (Fsp3) is 0.708. The van der Waals surface area contributed by atoms with Crippen molar-refractivity contribution in [1.29, 1.82) is 0 Å². The second-order valence-corrected chi connectivity index (χ2v) is 8.52. The van der Waals surface area contributed by atoms with Gasteiger partial charge in [0, 0.05) is 59.0 Å². The van der Waals surface area contributed by atoms with Crippen molar-refractivity contribution in [3.05, 3.63) is 29.8 Å². The molecule has 0 unspecified atom stereocenters. The van der Waals surface area contributed by atoms with Gasteiger partial charge in [-0.1, -0.05) is 12.1 Å². The van der Waals surface area contributed by atoms with E-state index in [4.69, 9.17) is 14.2 Å². The standard InChI is InChI=1S/C24H39N3O3.HI/c1-4-30-22-7-5-21(6-8-22)24(12-17-29-18-13-24)19-26-23(25-2)27(3)14-9-20-10-15-28-16-11-20;/h5-8,20H,4,9-19H2,1-3H3,(H,25,26);1H. The molecule has 2 saturated heterocycles. The van der Waals surface area contributed by atoms with E-state index >= 15 is 0 Å². The van der Waals surface area contributed by atoms with Gasteiger partial charge in [-0.3, -0.25) is 4.99 Å². The van der Waals surface area contributed by atoms with E-state index in [0.717, 1.165) is 70.0 Å². The van der Waals surface area contributed by atoms with Crippen LogP contribution in [0.25, 0.3) is 0 Å². The Kier molecular flexibility index (Phi) is 11.4. The van der Waals surface area contributed by atoms with E-state index < -0.39 is 0 Å². The lowest BCUT2D eigenvalue weighted by Crippen LogP contribution is -2.48. The van der Waals surface area contributed by atoms with Gasteiger partial charge in [-0.05, 0) is 62.6 Å². The predicted molar refractivity (Wildman–Crippen MR) is 137 cm³/mol. The highest BCUT2D eigenvalue weighted by Gasteiger charge is 2.35. The fourth-order valence-electron chi connectivity index (χ4n) is 4.55. The van der Waals surface area contributed by atoms with Crippen LogP contribution in [0.3, 0.4) is 0 Å². The molecular formula is C24H40IN3O3. The van der Waals surface area contributed by atoms with Crippen molar-refractivity contribution < 1.29 is 14.2 Å². The lowest BCUT2D eigenvalue weighted by Gasteiger charge is -2.39. The normalized spacial score (nSPS) is 19.4. The summed E-state index contributed by atoms with van der Waals surface area (Å²) in [6.07, 6.45) is 5.58. The Bertz CT molecular complexity index is 657. The van der Waals surface area contributed by atoms with Gasteiger partial charge in [0.15, 0.2) is 5.96 Å². The number of guanidine groups is 1. The number of ether oxygens (including phenoxy) is 3. The highest BCUT2D eigenvalue weighted by atomic mass is 127. The lowest BCUT2D eigenvalue weighted by atomic mass is 9.74. The summed E-state index contributed by atoms with van der Waals surface area (Å²) in [5, 5.41) is 3.67. The molecule has 0 bridgehead atoms. The molecule has 2 aliphatic rings. The van der Waals surface area contributed by atoms with E-state index in [-0.39, 0.29) is 29.4 Å². The van der Waals surface area contributed by atoms with Crippen molar-refractivity contribution in [3.63, 3.8) is 0 Å². The molecule has 1 aromatic carbocycles. The maximum absolute atomic E-state index is 5.69. The first-order chi connectivity index (χ1) is 14.7. The van der Waals surface area contributed by atoms with Crippen molar-refractivity contribution in [1.82, 2.24) is 10.2 Å². The molecule has 176 valence electrons. The Morgan fingerprint density at radius 1 is 1.13 bits per heavy atom. The molecule has 0 saturated carbocycles. The van der Waals surface area contributed by atoms with E-state index in [1.54, 1.807) is 0 Å². The molecule has 2 fully saturated rings. The summed E-state index contributed by atoms with van der Waals surface area (Å²) in [6, 6.07) is 8.61. The molecule has 0 spiro atoms. The SMILES string of the molecule is CCOc1ccc(C2(CNC(=NC)N(C)CCC3CCOCC3)CCOCC2)cc1.I. The Hall–Kier alpha value is -1.06. The first-order valence-corrected chi connectivity index (χ1v) is 11.5. The average molecular weight is 546 g/mol. The second kappa shape index (κ2) is 13.5. The molecule has 7 heteroatoms. The summed E-state index contributed by atoms with van der Waals surface area (Å²) < 4.78 is 16.8. The smallest absolute Gasteiger partial charge is 0.193 e. The molecular weight excluding hydrogens is 505 g/mol. The van der Waals surface area contributed by atoms with Crippen LogP contribution in [0.1, 0.15) is 44.6 Å². The van der Waals surface area contributed by atoms with Gasteiger partial charge in [0.2, 0.25) is 0 Å². The van der Waals surface area contributed by atoms with Gasteiger partial charge >= 0.3 is 0 Å². The number of hydrogen-bond donors (Lipinski definition) is 1. The maximum Gasteiger partial charge on any atom is 0.193 e. The quantitative estimate of drug-likeness (QED) is 0.303. The molecule has 0 aliphatic carbocycles. The van der Waals surface area contributed by atoms with Crippen LogP contribution in [0.5, 0.6) is 5.75 Å². The van der Waals surface area contributed by atoms with Gasteiger partial charge in [-0.25, -0.2) is 0 Å². The number of aliphatic imine (C=N–C) groups is 1. The van der Waals surface area contributed by atoms with E-state index in [1.807, 2.05) is 14.0 Å². The Balaban J connectivity index is 0.00000341. The van der Waals surface area contributed by atoms with E-state index in [2.05, 4.69) is 46.5 Å². The van der Waals surface area contributed by atoms with Gasteiger partial charge in [0.05, 0.1) is 6.61 Å². The average Bonchev–Trinajstić information content (AvgIpc) is 2.80. The Morgan fingerprint density at radius 2 is 1.77 bits per heavy atom. The monoisotopic (exact) mass is 545 g/mol. The van der Waals surface area contributed by atoms with Crippen molar-refractivity contribution in [2.24, 2.45) is 10.9 Å². The van der Waals surface area contributed by atoms with Gasteiger partial charge in [0.1, 0.15) is 5.75 Å². The number of benzene rings is 1. The molecule has 0 aromatic heterocycles. The van der Waals surface area contributed by atoms with Gasteiger partial charge in [0.25, 0.3) is 0 Å². The van der Waals surface area contributed by atoms with Crippen LogP contribution < -0.4 is 10.1 Å². The van der Waals surface area contributed by atoms with Gasteiger partial charge in [-0.2, -0.15) is 0 Å². The number of nitrogens with zero attached hydrogens (tertiary/aromatic N) is 2. The van der Waals surface area contributed by atoms with Crippen molar-refractivity contribution >= 4 is 29.9 Å². The number of hydrogen-bond acceptors (Lipinski definition) is 4. The summed E-state index contributed by atoms with van der Waals surface area (Å²) >= 11 is 0. The second-order valence-electron chi connectivity index (χ2n) is 8.52. The number of halogens is 1. The van der Waals surface area contributed by atoms with Crippen molar-refractivity contribution in [2.45, 2.75) is 44.4 Å². The van der Waals surface area contributed by atoms with Crippen LogP contribution in [-0.4, -0.2) is 71.1 Å². The fourth-order valence-corrected chi connectivity index (χ4v) is 4.55. The van der Waals surface area contributed by atoms with Crippen LogP contribution in [0, 0.1) is 5.92 Å². The van der Waals surface area contributed by atoms with Crippen LogP contribution in [-0.2, 0) is 14.9 Å². The molecule has 1 aromatic rings. The van der Waals surface area contributed by atoms with E-state index in [9.17, 15) is 0 Å². The third-order valence-corrected chi connectivity index (χ3v) is 6.60. The Labute approximate surface area is 205 Å². The summed E-state index contributed by atoms with van der Waals surface area (Å²) in [7, 11) is 4.02. The summed E-state index contributed by atoms with van der Waals surface area (Å²) in [4.78, 5) is 6.82. The minimum absolute atomic E-state index is 0. The first kappa shape index (κ1) is 26.2. The van der Waals surface area contributed by atoms with Gasteiger partial charge < -0.3 is 24.4 Å². The third-order valence-electron chi connectivity index (χ3n) is 6.60. The first-order valence-electron chi connectivity index (χ1n) is 11.5. The molecule has 3 rings (SSSR count). The van der Waals surface area contributed by atoms with E-state index in [1.165, 1.54) is 24.8 Å². The number of nitrogens with one attached hydrogen (secondary N) is 1. The largest absolute Gasteiger partial charge is 0.494 e. The number of rotatable bonds is 8. The maximum atomic E-state index is 5.69. The molecule has 0 radical (unpaired) electrons. The van der Waals surface area contributed by atoms with Crippen LogP contribution in [0.4, 0.5) is 0 Å². The molecule has 2 heterocycles. The topological polar surface area (TPSA) is 55.3 Å². The van der Waals surface area contributed by atoms with Crippen LogP contribution in [0.15, 0.2) is 29.3 Å². The highest BCUT2D eigenvalue weighted by Crippen LogP contribution is 2.35. The summed E-state index contributed by atoms with van der Waals surface area (Å²) in [5.74, 6) is 2.67. The highest BCUT2D eigenvalue weighted by molar-refractivity contribution is 14.0. The van der Waals surface area contributed by atoms with E-state index in [0.29, 0.717) is 6.61 Å². The van der Waals surface area contributed by atoms with Crippen LogP contribution >= 0.6 is 24.0 Å². The molecule has 2 aliphatic heterocycles. The minimum Gasteiger partial charge on any atom is -0.494 e. The zero-order valence-electron chi connectivity index (χ0n) is 19.4. The molecule has 1 N–H and O–H groups in total. The minimum atomic E-state index is 0. The Morgan fingerprint density at radius 3 is 2.39 bits per heavy atom. The zero-order valence-corrected chi connectivity index (χ0v) is 21.7. The molecule has 0 amide bonds. The van der Waals surface area contributed by atoms with Gasteiger partial charge in [-0.15, -0.1) is 24.0 Å². The summed E-state index contributed by atoms with van der Waals surface area (Å²) in [6.45, 7) is 8.00. The third kappa shape index (κ3) is 7.49.